The molecule has 0 radical (unpaired) electrons. The summed E-state index contributed by atoms with van der Waals surface area (Å²) in [5, 5.41) is 3.23. The zero-order valence-electron chi connectivity index (χ0n) is 28.5. The van der Waals surface area contributed by atoms with E-state index in [1.165, 1.54) is 0 Å². The summed E-state index contributed by atoms with van der Waals surface area (Å²) in [5.74, 6) is 0.595. The Morgan fingerprint density at radius 2 is 0.887 bits per heavy atom. The Labute approximate surface area is 305 Å². The third-order valence-electron chi connectivity index (χ3n) is 9.73. The summed E-state index contributed by atoms with van der Waals surface area (Å²) in [6.45, 7) is 0. The zero-order valence-corrected chi connectivity index (χ0v) is 28.5. The Morgan fingerprint density at radius 1 is 0.340 bits per heavy atom. The molecule has 0 aliphatic heterocycles. The van der Waals surface area contributed by atoms with Gasteiger partial charge in [0.2, 0.25) is 0 Å². The van der Waals surface area contributed by atoms with Crippen LogP contribution in [0.25, 0.3) is 101 Å². The molecule has 10 aromatic rings. The number of furan rings is 1. The maximum absolute atomic E-state index is 6.35. The van der Waals surface area contributed by atoms with E-state index in [2.05, 4.69) is 103 Å². The molecule has 0 unspecified atom stereocenters. The SMILES string of the molecule is c1ccc(-c2cc(-c3ccc(-c4ccc(-c5cc6c(oc7ccccc76)c(-c6ccccc6)n5)cc4)cc3)nc(-c3ccc4ccccc4n3)n2)cc1. The smallest absolute Gasteiger partial charge is 0.179 e. The number of para-hydroxylation sites is 2. The predicted molar refractivity (Wildman–Crippen MR) is 215 cm³/mol. The molecule has 0 bridgehead atoms. The summed E-state index contributed by atoms with van der Waals surface area (Å²) in [6, 6.07) is 62.2. The van der Waals surface area contributed by atoms with Crippen LogP contribution in [0, 0.1) is 0 Å². The standard InChI is InChI=1S/C48H30N4O/c1-3-11-33(12-4-1)43-30-44(52-48(51-43)41-28-27-34-13-7-9-17-40(34)49-41)36-25-21-32(22-26-36)31-19-23-35(24-20-31)42-29-39-38-16-8-10-18-45(38)53-47(39)46(50-42)37-14-5-2-6-15-37/h1-30H. The van der Waals surface area contributed by atoms with Crippen LogP contribution in [0.3, 0.4) is 0 Å². The minimum absolute atomic E-state index is 0.595. The molecule has 0 saturated carbocycles. The lowest BCUT2D eigenvalue weighted by Crippen LogP contribution is -1.97. The molecule has 4 heterocycles. The van der Waals surface area contributed by atoms with Gasteiger partial charge in [0.05, 0.1) is 22.6 Å². The highest BCUT2D eigenvalue weighted by Gasteiger charge is 2.17. The van der Waals surface area contributed by atoms with Crippen LogP contribution >= 0.6 is 0 Å². The van der Waals surface area contributed by atoms with E-state index in [4.69, 9.17) is 24.4 Å². The van der Waals surface area contributed by atoms with Crippen LogP contribution in [-0.2, 0) is 0 Å². The number of hydrogen-bond donors (Lipinski definition) is 0. The highest BCUT2D eigenvalue weighted by Crippen LogP contribution is 2.38. The molecule has 4 aromatic heterocycles. The van der Waals surface area contributed by atoms with E-state index >= 15 is 0 Å². The summed E-state index contributed by atoms with van der Waals surface area (Å²) < 4.78 is 6.35. The lowest BCUT2D eigenvalue weighted by Gasteiger charge is -2.11. The number of fused-ring (bicyclic) bond motifs is 4. The van der Waals surface area contributed by atoms with Gasteiger partial charge in [-0.3, -0.25) is 0 Å². The molecule has 0 saturated heterocycles. The summed E-state index contributed by atoms with van der Waals surface area (Å²) in [4.78, 5) is 20.1. The van der Waals surface area contributed by atoms with Crippen LogP contribution in [0.5, 0.6) is 0 Å². The van der Waals surface area contributed by atoms with Gasteiger partial charge in [-0.05, 0) is 41.5 Å². The molecule has 0 spiro atoms. The fourth-order valence-corrected chi connectivity index (χ4v) is 6.99. The maximum atomic E-state index is 6.35. The summed E-state index contributed by atoms with van der Waals surface area (Å²) in [7, 11) is 0. The summed E-state index contributed by atoms with van der Waals surface area (Å²) in [5.41, 5.74) is 13.1. The van der Waals surface area contributed by atoms with E-state index in [1.807, 2.05) is 78.9 Å². The highest BCUT2D eigenvalue weighted by molar-refractivity contribution is 6.10. The predicted octanol–water partition coefficient (Wildman–Crippen LogP) is 12.3. The van der Waals surface area contributed by atoms with Crippen molar-refractivity contribution in [3.05, 3.63) is 182 Å². The van der Waals surface area contributed by atoms with Gasteiger partial charge in [-0.15, -0.1) is 0 Å². The van der Waals surface area contributed by atoms with Gasteiger partial charge >= 0.3 is 0 Å². The molecule has 0 aliphatic rings. The average Bonchev–Trinajstić information content (AvgIpc) is 3.62. The van der Waals surface area contributed by atoms with Crippen molar-refractivity contribution in [2.75, 3.05) is 0 Å². The van der Waals surface area contributed by atoms with E-state index in [1.54, 1.807) is 0 Å². The highest BCUT2D eigenvalue weighted by atomic mass is 16.3. The second-order valence-electron chi connectivity index (χ2n) is 13.1. The van der Waals surface area contributed by atoms with Gasteiger partial charge in [-0.1, -0.05) is 152 Å². The third-order valence-corrected chi connectivity index (χ3v) is 9.73. The first kappa shape index (κ1) is 30.6. The van der Waals surface area contributed by atoms with E-state index in [0.29, 0.717) is 5.82 Å². The monoisotopic (exact) mass is 678 g/mol. The largest absolute Gasteiger partial charge is 0.454 e. The van der Waals surface area contributed by atoms with E-state index in [-0.39, 0.29) is 0 Å². The zero-order chi connectivity index (χ0) is 35.1. The van der Waals surface area contributed by atoms with Crippen LogP contribution in [-0.4, -0.2) is 19.9 Å². The molecule has 0 atom stereocenters. The summed E-state index contributed by atoms with van der Waals surface area (Å²) in [6.07, 6.45) is 0. The lowest BCUT2D eigenvalue weighted by molar-refractivity contribution is 0.668. The van der Waals surface area contributed by atoms with Gasteiger partial charge in [0.15, 0.2) is 11.4 Å². The van der Waals surface area contributed by atoms with Gasteiger partial charge in [-0.2, -0.15) is 0 Å². The molecule has 10 rings (SSSR count). The molecular formula is C48H30N4O. The van der Waals surface area contributed by atoms with Crippen molar-refractivity contribution >= 4 is 32.8 Å². The van der Waals surface area contributed by atoms with Crippen molar-refractivity contribution in [1.29, 1.82) is 0 Å². The minimum Gasteiger partial charge on any atom is -0.454 e. The van der Waals surface area contributed by atoms with Crippen LogP contribution in [0.15, 0.2) is 186 Å². The summed E-state index contributed by atoms with van der Waals surface area (Å²) >= 11 is 0. The van der Waals surface area contributed by atoms with Gasteiger partial charge in [0, 0.05) is 38.4 Å². The molecule has 0 amide bonds. The third kappa shape index (κ3) is 5.71. The molecule has 5 nitrogen and oxygen atoms in total. The van der Waals surface area contributed by atoms with Crippen molar-refractivity contribution in [3.8, 4) is 67.7 Å². The number of nitrogens with zero attached hydrogens (tertiary/aromatic N) is 4. The Morgan fingerprint density at radius 3 is 1.58 bits per heavy atom. The Balaban J connectivity index is 0.997. The van der Waals surface area contributed by atoms with Crippen molar-refractivity contribution in [3.63, 3.8) is 0 Å². The van der Waals surface area contributed by atoms with Crippen LogP contribution < -0.4 is 0 Å². The van der Waals surface area contributed by atoms with Gasteiger partial charge < -0.3 is 4.42 Å². The Bertz CT molecular complexity index is 2920. The lowest BCUT2D eigenvalue weighted by atomic mass is 9.99. The second kappa shape index (κ2) is 12.8. The Hall–Kier alpha value is -7.24. The van der Waals surface area contributed by atoms with Crippen molar-refractivity contribution in [1.82, 2.24) is 19.9 Å². The van der Waals surface area contributed by atoms with Crippen molar-refractivity contribution in [2.45, 2.75) is 0 Å². The number of pyridine rings is 2. The first-order valence-corrected chi connectivity index (χ1v) is 17.6. The van der Waals surface area contributed by atoms with Gasteiger partial charge in [-0.25, -0.2) is 19.9 Å². The average molecular weight is 679 g/mol. The van der Waals surface area contributed by atoms with Gasteiger partial charge in [0.25, 0.3) is 0 Å². The molecule has 6 aromatic carbocycles. The molecule has 0 aliphatic carbocycles. The molecule has 248 valence electrons. The van der Waals surface area contributed by atoms with E-state index < -0.39 is 0 Å². The van der Waals surface area contributed by atoms with Crippen LogP contribution in [0.1, 0.15) is 0 Å². The number of benzene rings is 6. The van der Waals surface area contributed by atoms with E-state index in [9.17, 15) is 0 Å². The fraction of sp³-hybridized carbons (Fsp3) is 0. The van der Waals surface area contributed by atoms with Gasteiger partial charge in [0.1, 0.15) is 17.0 Å². The second-order valence-corrected chi connectivity index (χ2v) is 13.1. The van der Waals surface area contributed by atoms with Crippen LogP contribution in [0.4, 0.5) is 0 Å². The molecule has 53 heavy (non-hydrogen) atoms. The van der Waals surface area contributed by atoms with Crippen molar-refractivity contribution in [2.24, 2.45) is 0 Å². The minimum atomic E-state index is 0.595. The number of rotatable bonds is 6. The fourth-order valence-electron chi connectivity index (χ4n) is 6.99. The van der Waals surface area contributed by atoms with Crippen LogP contribution in [0.2, 0.25) is 0 Å². The first-order chi connectivity index (χ1) is 26.2. The molecule has 0 fully saturated rings. The van der Waals surface area contributed by atoms with E-state index in [0.717, 1.165) is 94.7 Å². The quantitative estimate of drug-likeness (QED) is 0.175. The first-order valence-electron chi connectivity index (χ1n) is 17.6. The Kier molecular flexibility index (Phi) is 7.40. The molecule has 5 heteroatoms. The number of aromatic nitrogens is 4. The normalized spacial score (nSPS) is 11.4. The topological polar surface area (TPSA) is 64.7 Å². The number of hydrogen-bond acceptors (Lipinski definition) is 5. The maximum Gasteiger partial charge on any atom is 0.179 e. The molecular weight excluding hydrogens is 649 g/mol. The van der Waals surface area contributed by atoms with Crippen molar-refractivity contribution < 1.29 is 4.42 Å². The molecule has 0 N–H and O–H groups in total.